The number of rotatable bonds is 2. The molecule has 0 heterocycles. The molecule has 2 rings (SSSR count). The molecule has 0 radical (unpaired) electrons. The zero-order valence-corrected chi connectivity index (χ0v) is 9.21. The number of ether oxygens (including phenoxy) is 1. The number of hydrogen-bond donors (Lipinski definition) is 3. The topological polar surface area (TPSA) is 69.9 Å². The molecule has 0 amide bonds. The first-order valence-corrected chi connectivity index (χ1v) is 5.01. The monoisotopic (exact) mass is 232 g/mol. The van der Waals surface area contributed by atoms with Gasteiger partial charge in [-0.15, -0.1) is 0 Å². The van der Waals surface area contributed by atoms with Crippen molar-refractivity contribution in [1.29, 1.82) is 0 Å². The van der Waals surface area contributed by atoms with E-state index in [0.717, 1.165) is 0 Å². The van der Waals surface area contributed by atoms with Crippen LogP contribution in [0.2, 0.25) is 0 Å². The predicted molar refractivity (Wildman–Crippen MR) is 63.4 cm³/mol. The largest absolute Gasteiger partial charge is 0.508 e. The highest BCUT2D eigenvalue weighted by Crippen LogP contribution is 2.36. The molecule has 0 saturated carbocycles. The van der Waals surface area contributed by atoms with E-state index < -0.39 is 0 Å². The molecular weight excluding hydrogens is 220 g/mol. The molecule has 4 heteroatoms. The Morgan fingerprint density at radius 3 is 2.29 bits per heavy atom. The fourth-order valence-corrected chi connectivity index (χ4v) is 1.61. The number of hydrogen-bond acceptors (Lipinski definition) is 4. The molecule has 0 saturated heterocycles. The third kappa shape index (κ3) is 2.10. The van der Waals surface area contributed by atoms with Gasteiger partial charge >= 0.3 is 0 Å². The van der Waals surface area contributed by atoms with Crippen LogP contribution in [0.4, 0.5) is 0 Å². The summed E-state index contributed by atoms with van der Waals surface area (Å²) in [7, 11) is 1.45. The summed E-state index contributed by atoms with van der Waals surface area (Å²) < 4.78 is 4.99. The Balaban J connectivity index is 2.53. The Morgan fingerprint density at radius 1 is 0.882 bits per heavy atom. The predicted octanol–water partition coefficient (Wildman–Crippen LogP) is 2.48. The minimum atomic E-state index is -0.0299. The van der Waals surface area contributed by atoms with Gasteiger partial charge in [-0.05, 0) is 29.8 Å². The lowest BCUT2D eigenvalue weighted by Gasteiger charge is -2.08. The summed E-state index contributed by atoms with van der Waals surface area (Å²) in [5.74, 6) is 0.333. The van der Waals surface area contributed by atoms with Gasteiger partial charge < -0.3 is 20.1 Å². The summed E-state index contributed by atoms with van der Waals surface area (Å²) in [6.07, 6.45) is 0. The van der Waals surface area contributed by atoms with Crippen molar-refractivity contribution in [3.05, 3.63) is 36.4 Å². The lowest BCUT2D eigenvalue weighted by molar-refractivity contribution is 0.373. The van der Waals surface area contributed by atoms with E-state index in [1.165, 1.54) is 25.3 Å². The number of aromatic hydroxyl groups is 3. The van der Waals surface area contributed by atoms with Crippen molar-refractivity contribution in [2.75, 3.05) is 7.11 Å². The summed E-state index contributed by atoms with van der Waals surface area (Å²) >= 11 is 0. The Kier molecular flexibility index (Phi) is 2.78. The maximum absolute atomic E-state index is 9.71. The van der Waals surface area contributed by atoms with E-state index in [-0.39, 0.29) is 17.2 Å². The fourth-order valence-electron chi connectivity index (χ4n) is 1.61. The zero-order chi connectivity index (χ0) is 12.4. The molecule has 0 aliphatic rings. The lowest BCUT2D eigenvalue weighted by Crippen LogP contribution is -1.85. The van der Waals surface area contributed by atoms with E-state index in [0.29, 0.717) is 16.9 Å². The quantitative estimate of drug-likeness (QED) is 0.744. The van der Waals surface area contributed by atoms with Crippen LogP contribution in [-0.2, 0) is 0 Å². The smallest absolute Gasteiger partial charge is 0.161 e. The summed E-state index contributed by atoms with van der Waals surface area (Å²) in [4.78, 5) is 0. The Hall–Kier alpha value is -2.36. The van der Waals surface area contributed by atoms with Gasteiger partial charge in [-0.2, -0.15) is 0 Å². The van der Waals surface area contributed by atoms with Crippen molar-refractivity contribution < 1.29 is 20.1 Å². The minimum absolute atomic E-state index is 0.00278. The number of phenols is 3. The second-order valence-electron chi connectivity index (χ2n) is 3.59. The van der Waals surface area contributed by atoms with Crippen LogP contribution in [0, 0.1) is 0 Å². The molecule has 2 aromatic rings. The van der Waals surface area contributed by atoms with Crippen molar-refractivity contribution in [3.8, 4) is 34.1 Å². The molecule has 0 spiro atoms. The van der Waals surface area contributed by atoms with E-state index in [9.17, 15) is 15.3 Å². The standard InChI is InChI=1S/C13H12O4/c1-17-13-6-8(2-5-11(13)15)10-4-3-9(14)7-12(10)16/h2-7,14-16H,1H3. The van der Waals surface area contributed by atoms with Crippen molar-refractivity contribution in [2.24, 2.45) is 0 Å². The molecule has 0 aromatic heterocycles. The van der Waals surface area contributed by atoms with E-state index in [1.807, 2.05) is 0 Å². The molecule has 0 aliphatic carbocycles. The normalized spacial score (nSPS) is 10.2. The summed E-state index contributed by atoms with van der Waals surface area (Å²) in [6, 6.07) is 9.09. The maximum atomic E-state index is 9.71. The van der Waals surface area contributed by atoms with Crippen LogP contribution in [0.25, 0.3) is 11.1 Å². The van der Waals surface area contributed by atoms with Gasteiger partial charge in [0.25, 0.3) is 0 Å². The first-order valence-electron chi connectivity index (χ1n) is 5.01. The van der Waals surface area contributed by atoms with E-state index in [2.05, 4.69) is 0 Å². The molecule has 88 valence electrons. The highest BCUT2D eigenvalue weighted by molar-refractivity contribution is 5.73. The highest BCUT2D eigenvalue weighted by Gasteiger charge is 2.08. The van der Waals surface area contributed by atoms with E-state index >= 15 is 0 Å². The van der Waals surface area contributed by atoms with E-state index in [4.69, 9.17) is 4.74 Å². The molecule has 0 aliphatic heterocycles. The molecule has 3 N–H and O–H groups in total. The molecule has 4 nitrogen and oxygen atoms in total. The van der Waals surface area contributed by atoms with Crippen molar-refractivity contribution in [1.82, 2.24) is 0 Å². The second kappa shape index (κ2) is 4.25. The zero-order valence-electron chi connectivity index (χ0n) is 9.21. The van der Waals surface area contributed by atoms with Crippen LogP contribution >= 0.6 is 0 Å². The van der Waals surface area contributed by atoms with Gasteiger partial charge in [-0.25, -0.2) is 0 Å². The molecule has 0 bridgehead atoms. The van der Waals surface area contributed by atoms with Gasteiger partial charge in [-0.3, -0.25) is 0 Å². The first kappa shape index (κ1) is 11.1. The van der Waals surface area contributed by atoms with Crippen LogP contribution < -0.4 is 4.74 Å². The van der Waals surface area contributed by atoms with Crippen LogP contribution in [-0.4, -0.2) is 22.4 Å². The summed E-state index contributed by atoms with van der Waals surface area (Å²) in [6.45, 7) is 0. The number of phenolic OH excluding ortho intramolecular Hbond substituents is 3. The Labute approximate surface area is 98.3 Å². The number of benzene rings is 2. The molecule has 2 aromatic carbocycles. The second-order valence-corrected chi connectivity index (χ2v) is 3.59. The third-order valence-corrected chi connectivity index (χ3v) is 2.47. The van der Waals surface area contributed by atoms with E-state index in [1.54, 1.807) is 18.2 Å². The molecule has 0 fully saturated rings. The van der Waals surface area contributed by atoms with Crippen LogP contribution in [0.3, 0.4) is 0 Å². The average molecular weight is 232 g/mol. The average Bonchev–Trinajstić information content (AvgIpc) is 2.30. The molecule has 0 atom stereocenters. The van der Waals surface area contributed by atoms with Crippen molar-refractivity contribution >= 4 is 0 Å². The van der Waals surface area contributed by atoms with Gasteiger partial charge in [0.15, 0.2) is 11.5 Å². The minimum Gasteiger partial charge on any atom is -0.508 e. The summed E-state index contributed by atoms with van der Waals surface area (Å²) in [5.41, 5.74) is 1.25. The Morgan fingerprint density at radius 2 is 1.65 bits per heavy atom. The molecule has 17 heavy (non-hydrogen) atoms. The van der Waals surface area contributed by atoms with Gasteiger partial charge in [-0.1, -0.05) is 6.07 Å². The maximum Gasteiger partial charge on any atom is 0.161 e. The van der Waals surface area contributed by atoms with Crippen molar-refractivity contribution in [2.45, 2.75) is 0 Å². The highest BCUT2D eigenvalue weighted by atomic mass is 16.5. The lowest BCUT2D eigenvalue weighted by atomic mass is 10.0. The molecule has 0 unspecified atom stereocenters. The summed E-state index contributed by atoms with van der Waals surface area (Å²) in [5, 5.41) is 28.4. The van der Waals surface area contributed by atoms with Gasteiger partial charge in [0.05, 0.1) is 7.11 Å². The number of methoxy groups -OCH3 is 1. The molecular formula is C13H12O4. The Bertz CT molecular complexity index is 549. The first-order chi connectivity index (χ1) is 8.11. The SMILES string of the molecule is COc1cc(-c2ccc(O)cc2O)ccc1O. The van der Waals surface area contributed by atoms with Crippen LogP contribution in [0.15, 0.2) is 36.4 Å². The van der Waals surface area contributed by atoms with Gasteiger partial charge in [0.2, 0.25) is 0 Å². The van der Waals surface area contributed by atoms with Crippen LogP contribution in [0.5, 0.6) is 23.0 Å². The third-order valence-electron chi connectivity index (χ3n) is 2.47. The van der Waals surface area contributed by atoms with Crippen LogP contribution in [0.1, 0.15) is 0 Å². The fraction of sp³-hybridized carbons (Fsp3) is 0.0769. The van der Waals surface area contributed by atoms with Gasteiger partial charge in [0.1, 0.15) is 11.5 Å². The van der Waals surface area contributed by atoms with Gasteiger partial charge in [0, 0.05) is 11.6 Å². The van der Waals surface area contributed by atoms with Crippen molar-refractivity contribution in [3.63, 3.8) is 0 Å².